The van der Waals surface area contributed by atoms with E-state index in [1.807, 2.05) is 38.1 Å². The number of amides is 3. The lowest BCUT2D eigenvalue weighted by Crippen LogP contribution is -2.39. The molecule has 0 aromatic heterocycles. The highest BCUT2D eigenvalue weighted by molar-refractivity contribution is 5.89. The van der Waals surface area contributed by atoms with Crippen molar-refractivity contribution >= 4 is 30.0 Å². The van der Waals surface area contributed by atoms with Gasteiger partial charge in [0.1, 0.15) is 0 Å². The first-order valence-electron chi connectivity index (χ1n) is 7.72. The van der Waals surface area contributed by atoms with E-state index in [2.05, 4.69) is 21.3 Å². The summed E-state index contributed by atoms with van der Waals surface area (Å²) in [6.07, 6.45) is 1.95. The Bertz CT molecular complexity index is 513. The van der Waals surface area contributed by atoms with Crippen LogP contribution in [0.4, 0.5) is 10.5 Å². The quantitative estimate of drug-likeness (QED) is 0.661. The fourth-order valence-corrected chi connectivity index (χ4v) is 2.36. The number of hydrogen-bond donors (Lipinski definition) is 4. The lowest BCUT2D eigenvalue weighted by Gasteiger charge is -2.12. The fraction of sp³-hybridized carbons (Fsp3) is 0.500. The summed E-state index contributed by atoms with van der Waals surface area (Å²) in [6, 6.07) is 7.27. The summed E-state index contributed by atoms with van der Waals surface area (Å²) in [5.41, 5.74) is 1.73. The maximum Gasteiger partial charge on any atom is 0.319 e. The number of rotatable bonds is 5. The Balaban J connectivity index is 0.00000264. The molecule has 1 unspecified atom stereocenters. The molecular formula is C16H25ClN4O2. The normalized spacial score (nSPS) is 16.6. The first kappa shape index (κ1) is 19.3. The third-order valence-corrected chi connectivity index (χ3v) is 3.48. The third-order valence-electron chi connectivity index (χ3n) is 3.48. The van der Waals surface area contributed by atoms with Gasteiger partial charge in [-0.05, 0) is 50.9 Å². The highest BCUT2D eigenvalue weighted by Gasteiger charge is 2.21. The molecule has 0 aliphatic carbocycles. The SMILES string of the molecule is CC(C)NC(=O)Nc1ccc(CNC(=O)C2CCCN2)cc1.Cl. The highest BCUT2D eigenvalue weighted by Crippen LogP contribution is 2.10. The second-order valence-corrected chi connectivity index (χ2v) is 5.82. The van der Waals surface area contributed by atoms with Crippen molar-refractivity contribution in [3.63, 3.8) is 0 Å². The molecule has 0 saturated carbocycles. The summed E-state index contributed by atoms with van der Waals surface area (Å²) < 4.78 is 0. The highest BCUT2D eigenvalue weighted by atomic mass is 35.5. The van der Waals surface area contributed by atoms with Crippen LogP contribution in [0.1, 0.15) is 32.3 Å². The van der Waals surface area contributed by atoms with E-state index in [0.29, 0.717) is 6.54 Å². The summed E-state index contributed by atoms with van der Waals surface area (Å²) in [7, 11) is 0. The van der Waals surface area contributed by atoms with Crippen LogP contribution < -0.4 is 21.3 Å². The Morgan fingerprint density at radius 3 is 2.52 bits per heavy atom. The van der Waals surface area contributed by atoms with E-state index in [4.69, 9.17) is 0 Å². The fourth-order valence-electron chi connectivity index (χ4n) is 2.36. The largest absolute Gasteiger partial charge is 0.351 e. The van der Waals surface area contributed by atoms with E-state index in [1.54, 1.807) is 0 Å². The molecule has 0 spiro atoms. The van der Waals surface area contributed by atoms with Crippen LogP contribution in [0.3, 0.4) is 0 Å². The summed E-state index contributed by atoms with van der Waals surface area (Å²) in [6.45, 7) is 5.22. The molecule has 3 amide bonds. The van der Waals surface area contributed by atoms with Gasteiger partial charge in [0.15, 0.2) is 0 Å². The zero-order valence-corrected chi connectivity index (χ0v) is 14.3. The first-order valence-corrected chi connectivity index (χ1v) is 7.72. The van der Waals surface area contributed by atoms with Crippen LogP contribution in [-0.4, -0.2) is 30.6 Å². The Kier molecular flexibility index (Phi) is 7.85. The minimum atomic E-state index is -0.219. The Hall–Kier alpha value is -1.79. The van der Waals surface area contributed by atoms with Crippen molar-refractivity contribution in [1.82, 2.24) is 16.0 Å². The maximum absolute atomic E-state index is 11.9. The third kappa shape index (κ3) is 6.46. The van der Waals surface area contributed by atoms with Crippen LogP contribution in [-0.2, 0) is 11.3 Å². The van der Waals surface area contributed by atoms with Gasteiger partial charge in [-0.3, -0.25) is 4.79 Å². The van der Waals surface area contributed by atoms with Crippen LogP contribution in [0.15, 0.2) is 24.3 Å². The molecule has 23 heavy (non-hydrogen) atoms. The van der Waals surface area contributed by atoms with Crippen molar-refractivity contribution in [1.29, 1.82) is 0 Å². The molecule has 4 N–H and O–H groups in total. The van der Waals surface area contributed by atoms with Crippen LogP contribution in [0, 0.1) is 0 Å². The number of halogens is 1. The van der Waals surface area contributed by atoms with Crippen molar-refractivity contribution in [2.75, 3.05) is 11.9 Å². The topological polar surface area (TPSA) is 82.3 Å². The average molecular weight is 341 g/mol. The molecule has 0 radical (unpaired) electrons. The van der Waals surface area contributed by atoms with Crippen LogP contribution in [0.5, 0.6) is 0 Å². The molecular weight excluding hydrogens is 316 g/mol. The molecule has 2 rings (SSSR count). The molecule has 1 aliphatic heterocycles. The smallest absolute Gasteiger partial charge is 0.319 e. The number of hydrogen-bond acceptors (Lipinski definition) is 3. The van der Waals surface area contributed by atoms with Gasteiger partial charge in [-0.2, -0.15) is 0 Å². The summed E-state index contributed by atoms with van der Waals surface area (Å²) in [5, 5.41) is 11.6. The minimum absolute atomic E-state index is 0. The predicted octanol–water partition coefficient (Wildman–Crippen LogP) is 2.01. The van der Waals surface area contributed by atoms with Crippen molar-refractivity contribution in [2.24, 2.45) is 0 Å². The lowest BCUT2D eigenvalue weighted by atomic mass is 10.2. The summed E-state index contributed by atoms with van der Waals surface area (Å²) in [4.78, 5) is 23.5. The molecule has 1 fully saturated rings. The van der Waals surface area contributed by atoms with Gasteiger partial charge in [0.05, 0.1) is 6.04 Å². The number of anilines is 1. The number of urea groups is 1. The molecule has 1 aromatic rings. The number of carbonyl (C=O) groups excluding carboxylic acids is 2. The van der Waals surface area contributed by atoms with Crippen molar-refractivity contribution in [3.8, 4) is 0 Å². The molecule has 1 aliphatic rings. The number of benzene rings is 1. The lowest BCUT2D eigenvalue weighted by molar-refractivity contribution is -0.122. The van der Waals surface area contributed by atoms with E-state index in [1.165, 1.54) is 0 Å². The van der Waals surface area contributed by atoms with Crippen LogP contribution in [0.2, 0.25) is 0 Å². The summed E-state index contributed by atoms with van der Waals surface area (Å²) in [5.74, 6) is 0.0519. The summed E-state index contributed by atoms with van der Waals surface area (Å²) >= 11 is 0. The van der Waals surface area contributed by atoms with Gasteiger partial charge in [0.2, 0.25) is 5.91 Å². The first-order chi connectivity index (χ1) is 10.5. The number of nitrogens with one attached hydrogen (secondary N) is 4. The zero-order chi connectivity index (χ0) is 15.9. The molecule has 1 atom stereocenters. The van der Waals surface area contributed by atoms with Gasteiger partial charge in [0.25, 0.3) is 0 Å². The molecule has 128 valence electrons. The second-order valence-electron chi connectivity index (χ2n) is 5.82. The minimum Gasteiger partial charge on any atom is -0.351 e. The Morgan fingerprint density at radius 1 is 1.26 bits per heavy atom. The van der Waals surface area contributed by atoms with E-state index < -0.39 is 0 Å². The van der Waals surface area contributed by atoms with E-state index >= 15 is 0 Å². The van der Waals surface area contributed by atoms with Crippen molar-refractivity contribution in [2.45, 2.75) is 45.3 Å². The van der Waals surface area contributed by atoms with Gasteiger partial charge < -0.3 is 21.3 Å². The van der Waals surface area contributed by atoms with Crippen LogP contribution in [0.25, 0.3) is 0 Å². The maximum atomic E-state index is 11.9. The Labute approximate surface area is 143 Å². The molecule has 1 heterocycles. The zero-order valence-electron chi connectivity index (χ0n) is 13.5. The average Bonchev–Trinajstić information content (AvgIpc) is 2.99. The van der Waals surface area contributed by atoms with Gasteiger partial charge in [0, 0.05) is 18.3 Å². The van der Waals surface area contributed by atoms with Crippen molar-refractivity contribution < 1.29 is 9.59 Å². The number of carbonyl (C=O) groups is 2. The molecule has 0 bridgehead atoms. The predicted molar refractivity (Wildman–Crippen MR) is 93.9 cm³/mol. The van der Waals surface area contributed by atoms with E-state index in [0.717, 1.165) is 30.6 Å². The monoisotopic (exact) mass is 340 g/mol. The Morgan fingerprint density at radius 2 is 1.96 bits per heavy atom. The van der Waals surface area contributed by atoms with Gasteiger partial charge in [-0.25, -0.2) is 4.79 Å². The van der Waals surface area contributed by atoms with Gasteiger partial charge in [-0.1, -0.05) is 12.1 Å². The van der Waals surface area contributed by atoms with E-state index in [-0.39, 0.29) is 36.4 Å². The second kappa shape index (κ2) is 9.37. The standard InChI is InChI=1S/C16H24N4O2.ClH/c1-11(2)19-16(22)20-13-7-5-12(6-8-13)10-18-15(21)14-4-3-9-17-14;/h5-8,11,14,17H,3-4,9-10H2,1-2H3,(H,18,21)(H2,19,20,22);1H. The van der Waals surface area contributed by atoms with Gasteiger partial charge >= 0.3 is 6.03 Å². The molecule has 6 nitrogen and oxygen atoms in total. The molecule has 1 aromatic carbocycles. The van der Waals surface area contributed by atoms with E-state index in [9.17, 15) is 9.59 Å². The van der Waals surface area contributed by atoms with Gasteiger partial charge in [-0.15, -0.1) is 12.4 Å². The molecule has 1 saturated heterocycles. The van der Waals surface area contributed by atoms with Crippen molar-refractivity contribution in [3.05, 3.63) is 29.8 Å². The molecule has 7 heteroatoms. The van der Waals surface area contributed by atoms with Crippen LogP contribution >= 0.6 is 12.4 Å².